The van der Waals surface area contributed by atoms with Gasteiger partial charge in [-0.1, -0.05) is 25.0 Å². The normalized spacial score (nSPS) is 28.1. The minimum absolute atomic E-state index is 0.363. The third kappa shape index (κ3) is 2.93. The molecule has 1 atom stereocenters. The fourth-order valence-corrected chi connectivity index (χ4v) is 3.51. The standard InChI is InChI=1S/C16H28O/c1-12-6-5-10-15(2,3)14(12)9-11-16(4,17)13-7-8-13/h13,17H,5-11H2,1-4H3. The number of allylic oxidation sites excluding steroid dienone is 2. The summed E-state index contributed by atoms with van der Waals surface area (Å²) < 4.78 is 0. The number of rotatable bonds is 4. The second-order valence-electron chi connectivity index (χ2n) is 7.13. The van der Waals surface area contributed by atoms with Gasteiger partial charge in [0.05, 0.1) is 5.60 Å². The van der Waals surface area contributed by atoms with Crippen molar-refractivity contribution >= 4 is 0 Å². The Kier molecular flexibility index (Phi) is 3.42. The summed E-state index contributed by atoms with van der Waals surface area (Å²) in [5.41, 5.74) is 3.17. The molecule has 0 aliphatic heterocycles. The van der Waals surface area contributed by atoms with Gasteiger partial charge in [-0.25, -0.2) is 0 Å². The van der Waals surface area contributed by atoms with E-state index in [4.69, 9.17) is 0 Å². The van der Waals surface area contributed by atoms with Crippen molar-refractivity contribution in [1.29, 1.82) is 0 Å². The summed E-state index contributed by atoms with van der Waals surface area (Å²) in [6.07, 6.45) is 8.43. The van der Waals surface area contributed by atoms with E-state index in [0.29, 0.717) is 11.3 Å². The van der Waals surface area contributed by atoms with Crippen LogP contribution in [0.15, 0.2) is 11.1 Å². The van der Waals surface area contributed by atoms with Crippen LogP contribution in [0.5, 0.6) is 0 Å². The van der Waals surface area contributed by atoms with Crippen LogP contribution in [0.4, 0.5) is 0 Å². The Hall–Kier alpha value is -0.300. The second kappa shape index (κ2) is 4.42. The van der Waals surface area contributed by atoms with E-state index in [1.54, 1.807) is 11.1 Å². The van der Waals surface area contributed by atoms with Gasteiger partial charge in [0.15, 0.2) is 0 Å². The van der Waals surface area contributed by atoms with E-state index in [2.05, 4.69) is 20.8 Å². The first-order valence-corrected chi connectivity index (χ1v) is 7.24. The van der Waals surface area contributed by atoms with Crippen molar-refractivity contribution < 1.29 is 5.11 Å². The van der Waals surface area contributed by atoms with Gasteiger partial charge in [-0.15, -0.1) is 0 Å². The van der Waals surface area contributed by atoms with Crippen molar-refractivity contribution in [3.8, 4) is 0 Å². The fraction of sp³-hybridized carbons (Fsp3) is 0.875. The van der Waals surface area contributed by atoms with Gasteiger partial charge in [-0.05, 0) is 70.1 Å². The second-order valence-corrected chi connectivity index (χ2v) is 7.13. The molecule has 0 aromatic carbocycles. The lowest BCUT2D eigenvalue weighted by Crippen LogP contribution is -2.29. The first-order valence-electron chi connectivity index (χ1n) is 7.24. The van der Waals surface area contributed by atoms with Crippen LogP contribution in [0.1, 0.15) is 72.6 Å². The summed E-state index contributed by atoms with van der Waals surface area (Å²) in [4.78, 5) is 0. The molecule has 0 aromatic rings. The van der Waals surface area contributed by atoms with E-state index in [1.807, 2.05) is 6.92 Å². The maximum absolute atomic E-state index is 10.4. The van der Waals surface area contributed by atoms with Gasteiger partial charge >= 0.3 is 0 Å². The van der Waals surface area contributed by atoms with Gasteiger partial charge in [-0.3, -0.25) is 0 Å². The van der Waals surface area contributed by atoms with E-state index in [9.17, 15) is 5.11 Å². The summed E-state index contributed by atoms with van der Waals surface area (Å²) in [6.45, 7) is 9.08. The molecule has 0 saturated heterocycles. The zero-order valence-corrected chi connectivity index (χ0v) is 12.0. The zero-order valence-electron chi connectivity index (χ0n) is 12.0. The van der Waals surface area contributed by atoms with E-state index < -0.39 is 5.60 Å². The van der Waals surface area contributed by atoms with Crippen molar-refractivity contribution in [2.75, 3.05) is 0 Å². The molecule has 98 valence electrons. The van der Waals surface area contributed by atoms with Gasteiger partial charge in [0.1, 0.15) is 0 Å². The van der Waals surface area contributed by atoms with Gasteiger partial charge in [0.2, 0.25) is 0 Å². The molecule has 0 aromatic heterocycles. The lowest BCUT2D eigenvalue weighted by atomic mass is 9.70. The topological polar surface area (TPSA) is 20.2 Å². The minimum atomic E-state index is -0.416. The Balaban J connectivity index is 2.01. The van der Waals surface area contributed by atoms with Crippen molar-refractivity contribution in [3.63, 3.8) is 0 Å². The zero-order chi connectivity index (χ0) is 12.7. The Labute approximate surface area is 106 Å². The molecular weight excluding hydrogens is 208 g/mol. The highest BCUT2D eigenvalue weighted by Gasteiger charge is 2.40. The average molecular weight is 236 g/mol. The molecule has 1 heteroatoms. The highest BCUT2D eigenvalue weighted by Crippen LogP contribution is 2.46. The van der Waals surface area contributed by atoms with E-state index in [0.717, 1.165) is 12.8 Å². The highest BCUT2D eigenvalue weighted by atomic mass is 16.3. The minimum Gasteiger partial charge on any atom is -0.390 e. The van der Waals surface area contributed by atoms with Crippen LogP contribution in [-0.4, -0.2) is 10.7 Å². The quantitative estimate of drug-likeness (QED) is 0.715. The molecule has 2 rings (SSSR count). The van der Waals surface area contributed by atoms with Crippen LogP contribution in [0, 0.1) is 11.3 Å². The molecule has 1 N–H and O–H groups in total. The third-order valence-electron chi connectivity index (χ3n) is 5.02. The smallest absolute Gasteiger partial charge is 0.0650 e. The largest absolute Gasteiger partial charge is 0.390 e. The summed E-state index contributed by atoms with van der Waals surface area (Å²) in [5, 5.41) is 10.4. The third-order valence-corrected chi connectivity index (χ3v) is 5.02. The molecule has 1 nitrogen and oxygen atoms in total. The van der Waals surface area contributed by atoms with Gasteiger partial charge in [0.25, 0.3) is 0 Å². The molecule has 2 aliphatic rings. The van der Waals surface area contributed by atoms with E-state index in [-0.39, 0.29) is 0 Å². The van der Waals surface area contributed by atoms with Gasteiger partial charge in [0, 0.05) is 0 Å². The highest BCUT2D eigenvalue weighted by molar-refractivity contribution is 5.22. The van der Waals surface area contributed by atoms with E-state index in [1.165, 1.54) is 32.1 Å². The predicted molar refractivity (Wildman–Crippen MR) is 72.9 cm³/mol. The van der Waals surface area contributed by atoms with Crippen LogP contribution >= 0.6 is 0 Å². The van der Waals surface area contributed by atoms with Crippen LogP contribution < -0.4 is 0 Å². The molecule has 17 heavy (non-hydrogen) atoms. The Bertz CT molecular complexity index is 318. The molecule has 0 bridgehead atoms. The molecular formula is C16H28O. The molecule has 1 fully saturated rings. The first kappa shape index (κ1) is 13.1. The van der Waals surface area contributed by atoms with Crippen molar-refractivity contribution in [3.05, 3.63) is 11.1 Å². The molecule has 1 unspecified atom stereocenters. The van der Waals surface area contributed by atoms with Crippen LogP contribution in [0.2, 0.25) is 0 Å². The Morgan fingerprint density at radius 2 is 2.00 bits per heavy atom. The SMILES string of the molecule is CC1=C(CCC(C)(O)C2CC2)C(C)(C)CCC1. The monoisotopic (exact) mass is 236 g/mol. The maximum Gasteiger partial charge on any atom is 0.0650 e. The fourth-order valence-electron chi connectivity index (χ4n) is 3.51. The number of hydrogen-bond donors (Lipinski definition) is 1. The van der Waals surface area contributed by atoms with Crippen molar-refractivity contribution in [2.45, 2.75) is 78.2 Å². The molecule has 1 saturated carbocycles. The summed E-state index contributed by atoms with van der Waals surface area (Å²) in [7, 11) is 0. The average Bonchev–Trinajstić information content (AvgIpc) is 2.98. The van der Waals surface area contributed by atoms with Gasteiger partial charge in [-0.2, -0.15) is 0 Å². The van der Waals surface area contributed by atoms with Crippen LogP contribution in [0.3, 0.4) is 0 Å². The summed E-state index contributed by atoms with van der Waals surface area (Å²) in [5.74, 6) is 0.579. The number of aliphatic hydroxyl groups is 1. The maximum atomic E-state index is 10.4. The molecule has 0 heterocycles. The lowest BCUT2D eigenvalue weighted by molar-refractivity contribution is 0.0270. The Morgan fingerprint density at radius 3 is 2.53 bits per heavy atom. The number of hydrogen-bond acceptors (Lipinski definition) is 1. The molecule has 2 aliphatic carbocycles. The summed E-state index contributed by atoms with van der Waals surface area (Å²) in [6, 6.07) is 0. The van der Waals surface area contributed by atoms with E-state index >= 15 is 0 Å². The molecule has 0 spiro atoms. The Morgan fingerprint density at radius 1 is 1.35 bits per heavy atom. The predicted octanol–water partition coefficient (Wildman–Crippen LogP) is 4.45. The van der Waals surface area contributed by atoms with Gasteiger partial charge < -0.3 is 5.11 Å². The van der Waals surface area contributed by atoms with Crippen LogP contribution in [-0.2, 0) is 0 Å². The first-order chi connectivity index (χ1) is 7.83. The molecule has 0 amide bonds. The van der Waals surface area contributed by atoms with Crippen molar-refractivity contribution in [1.82, 2.24) is 0 Å². The van der Waals surface area contributed by atoms with Crippen molar-refractivity contribution in [2.24, 2.45) is 11.3 Å². The summed E-state index contributed by atoms with van der Waals surface area (Å²) >= 11 is 0. The molecule has 0 radical (unpaired) electrons. The van der Waals surface area contributed by atoms with Crippen LogP contribution in [0.25, 0.3) is 0 Å². The lowest BCUT2D eigenvalue weighted by Gasteiger charge is -2.36.